The van der Waals surface area contributed by atoms with Crippen LogP contribution in [0.25, 0.3) is 0 Å². The standard InChI is InChI=1S/C16H12Cl2O4/c17-12-7-6-11(13(14(12)18)15(19)20)16(21-8-9-22-16)10-4-2-1-3-5-10/h1-7H,8-9H2,(H,19,20). The zero-order valence-electron chi connectivity index (χ0n) is 11.4. The van der Waals surface area contributed by atoms with Crippen LogP contribution < -0.4 is 0 Å². The van der Waals surface area contributed by atoms with Crippen molar-refractivity contribution >= 4 is 29.2 Å². The highest BCUT2D eigenvalue weighted by Gasteiger charge is 2.44. The van der Waals surface area contributed by atoms with Crippen molar-refractivity contribution in [3.63, 3.8) is 0 Å². The van der Waals surface area contributed by atoms with Crippen molar-refractivity contribution < 1.29 is 19.4 Å². The lowest BCUT2D eigenvalue weighted by atomic mass is 9.93. The summed E-state index contributed by atoms with van der Waals surface area (Å²) in [6, 6.07) is 12.3. The Kier molecular flexibility index (Phi) is 4.10. The minimum Gasteiger partial charge on any atom is -0.478 e. The summed E-state index contributed by atoms with van der Waals surface area (Å²) in [5, 5.41) is 9.68. The van der Waals surface area contributed by atoms with Gasteiger partial charge in [0.2, 0.25) is 5.79 Å². The largest absolute Gasteiger partial charge is 0.478 e. The number of carboxylic acids is 1. The Bertz CT molecular complexity index is 710. The van der Waals surface area contributed by atoms with Crippen LogP contribution >= 0.6 is 23.2 Å². The number of rotatable bonds is 3. The van der Waals surface area contributed by atoms with Crippen molar-refractivity contribution in [3.8, 4) is 0 Å². The van der Waals surface area contributed by atoms with Gasteiger partial charge in [-0.1, -0.05) is 59.6 Å². The van der Waals surface area contributed by atoms with Crippen LogP contribution in [0.5, 0.6) is 0 Å². The summed E-state index contributed by atoms with van der Waals surface area (Å²) in [7, 11) is 0. The maximum atomic E-state index is 11.7. The second-order valence-corrected chi connectivity index (χ2v) is 5.55. The quantitative estimate of drug-likeness (QED) is 0.920. The molecule has 1 N–H and O–H groups in total. The van der Waals surface area contributed by atoms with E-state index >= 15 is 0 Å². The molecule has 1 fully saturated rings. The first kappa shape index (κ1) is 15.3. The highest BCUT2D eigenvalue weighted by Crippen LogP contribution is 2.43. The van der Waals surface area contributed by atoms with Crippen LogP contribution in [-0.2, 0) is 15.3 Å². The van der Waals surface area contributed by atoms with E-state index in [1.807, 2.05) is 30.3 Å². The SMILES string of the molecule is O=C(O)c1c(C2(c3ccccc3)OCCO2)ccc(Cl)c1Cl. The molecule has 0 radical (unpaired) electrons. The molecule has 0 saturated carbocycles. The first-order chi connectivity index (χ1) is 10.6. The van der Waals surface area contributed by atoms with E-state index in [4.69, 9.17) is 32.7 Å². The van der Waals surface area contributed by atoms with Crippen LogP contribution in [0.4, 0.5) is 0 Å². The minimum absolute atomic E-state index is 0.0268. The van der Waals surface area contributed by atoms with E-state index in [-0.39, 0.29) is 15.6 Å². The molecule has 2 aromatic carbocycles. The maximum absolute atomic E-state index is 11.7. The Morgan fingerprint density at radius 2 is 1.68 bits per heavy atom. The van der Waals surface area contributed by atoms with Gasteiger partial charge in [-0.2, -0.15) is 0 Å². The Balaban J connectivity index is 2.27. The number of ether oxygens (including phenoxy) is 2. The fraction of sp³-hybridized carbons (Fsp3) is 0.188. The summed E-state index contributed by atoms with van der Waals surface area (Å²) in [4.78, 5) is 11.7. The Morgan fingerprint density at radius 3 is 2.27 bits per heavy atom. The molecule has 1 aliphatic rings. The predicted octanol–water partition coefficient (Wildman–Crippen LogP) is 3.94. The Morgan fingerprint density at radius 1 is 1.05 bits per heavy atom. The minimum atomic E-state index is -1.29. The second kappa shape index (κ2) is 5.89. The zero-order chi connectivity index (χ0) is 15.7. The van der Waals surface area contributed by atoms with Gasteiger partial charge in [0, 0.05) is 11.1 Å². The lowest BCUT2D eigenvalue weighted by Crippen LogP contribution is -2.31. The summed E-state index contributed by atoms with van der Waals surface area (Å²) in [6.07, 6.45) is 0. The van der Waals surface area contributed by atoms with Crippen molar-refractivity contribution in [3.05, 3.63) is 69.2 Å². The third-order valence-corrected chi connectivity index (χ3v) is 4.32. The van der Waals surface area contributed by atoms with E-state index in [1.165, 1.54) is 0 Å². The number of carbonyl (C=O) groups is 1. The van der Waals surface area contributed by atoms with Gasteiger partial charge >= 0.3 is 5.97 Å². The molecule has 1 aliphatic heterocycles. The molecule has 3 rings (SSSR count). The van der Waals surface area contributed by atoms with Gasteiger partial charge in [-0.25, -0.2) is 4.79 Å². The van der Waals surface area contributed by atoms with Gasteiger partial charge in [0.05, 0.1) is 28.8 Å². The van der Waals surface area contributed by atoms with Gasteiger partial charge in [0.25, 0.3) is 0 Å². The number of hydrogen-bond acceptors (Lipinski definition) is 3. The molecule has 0 aromatic heterocycles. The van der Waals surface area contributed by atoms with E-state index in [0.717, 1.165) is 0 Å². The molecule has 0 amide bonds. The summed E-state index contributed by atoms with van der Waals surface area (Å²) < 4.78 is 11.6. The highest BCUT2D eigenvalue weighted by atomic mass is 35.5. The Labute approximate surface area is 137 Å². The van der Waals surface area contributed by atoms with Crippen molar-refractivity contribution in [1.29, 1.82) is 0 Å². The van der Waals surface area contributed by atoms with E-state index in [9.17, 15) is 9.90 Å². The molecule has 1 heterocycles. The molecular formula is C16H12Cl2O4. The van der Waals surface area contributed by atoms with Crippen LogP contribution in [-0.4, -0.2) is 24.3 Å². The summed E-state index contributed by atoms with van der Waals surface area (Å²) in [6.45, 7) is 0.711. The molecule has 0 atom stereocenters. The van der Waals surface area contributed by atoms with Crippen molar-refractivity contribution in [1.82, 2.24) is 0 Å². The number of halogens is 2. The number of benzene rings is 2. The molecule has 4 nitrogen and oxygen atoms in total. The van der Waals surface area contributed by atoms with E-state index < -0.39 is 11.8 Å². The lowest BCUT2D eigenvalue weighted by Gasteiger charge is -2.30. The fourth-order valence-electron chi connectivity index (χ4n) is 2.58. The molecular weight excluding hydrogens is 327 g/mol. The topological polar surface area (TPSA) is 55.8 Å². The van der Waals surface area contributed by atoms with E-state index in [0.29, 0.717) is 24.3 Å². The number of carboxylic acid groups (broad SMARTS) is 1. The van der Waals surface area contributed by atoms with Gasteiger partial charge in [0.15, 0.2) is 0 Å². The van der Waals surface area contributed by atoms with Gasteiger partial charge in [0.1, 0.15) is 0 Å². The lowest BCUT2D eigenvalue weighted by molar-refractivity contribution is -0.130. The highest BCUT2D eigenvalue weighted by molar-refractivity contribution is 6.43. The average molecular weight is 339 g/mol. The molecule has 1 saturated heterocycles. The van der Waals surface area contributed by atoms with Crippen LogP contribution in [0.2, 0.25) is 10.0 Å². The Hall–Kier alpha value is -1.59. The maximum Gasteiger partial charge on any atom is 0.337 e. The smallest absolute Gasteiger partial charge is 0.337 e. The summed E-state index contributed by atoms with van der Waals surface area (Å²) >= 11 is 12.0. The van der Waals surface area contributed by atoms with Gasteiger partial charge in [-0.05, 0) is 6.07 Å². The van der Waals surface area contributed by atoms with Gasteiger partial charge in [-0.15, -0.1) is 0 Å². The van der Waals surface area contributed by atoms with Crippen LogP contribution in [0, 0.1) is 0 Å². The van der Waals surface area contributed by atoms with Gasteiger partial charge in [-0.3, -0.25) is 0 Å². The molecule has 22 heavy (non-hydrogen) atoms. The van der Waals surface area contributed by atoms with Crippen LogP contribution in [0.3, 0.4) is 0 Å². The monoisotopic (exact) mass is 338 g/mol. The molecule has 2 aromatic rings. The summed E-state index contributed by atoms with van der Waals surface area (Å²) in [5.74, 6) is -2.47. The average Bonchev–Trinajstić information content (AvgIpc) is 3.01. The first-order valence-corrected chi connectivity index (χ1v) is 7.37. The predicted molar refractivity (Wildman–Crippen MR) is 82.5 cm³/mol. The molecule has 6 heteroatoms. The molecule has 0 spiro atoms. The zero-order valence-corrected chi connectivity index (χ0v) is 12.9. The van der Waals surface area contributed by atoms with E-state index in [2.05, 4.69) is 0 Å². The number of hydrogen-bond donors (Lipinski definition) is 1. The fourth-order valence-corrected chi connectivity index (χ4v) is 2.98. The first-order valence-electron chi connectivity index (χ1n) is 6.61. The normalized spacial score (nSPS) is 16.6. The van der Waals surface area contributed by atoms with Crippen molar-refractivity contribution in [2.45, 2.75) is 5.79 Å². The third-order valence-electron chi connectivity index (χ3n) is 3.51. The van der Waals surface area contributed by atoms with E-state index in [1.54, 1.807) is 12.1 Å². The van der Waals surface area contributed by atoms with Crippen molar-refractivity contribution in [2.75, 3.05) is 13.2 Å². The molecule has 0 aliphatic carbocycles. The number of aromatic carboxylic acids is 1. The summed E-state index contributed by atoms with van der Waals surface area (Å²) in [5.41, 5.74) is 0.923. The molecule has 114 valence electrons. The molecule has 0 bridgehead atoms. The van der Waals surface area contributed by atoms with Gasteiger partial charge < -0.3 is 14.6 Å². The van der Waals surface area contributed by atoms with Crippen LogP contribution in [0.1, 0.15) is 21.5 Å². The molecule has 0 unspecified atom stereocenters. The third kappa shape index (κ3) is 2.38. The second-order valence-electron chi connectivity index (χ2n) is 4.77. The van der Waals surface area contributed by atoms with Crippen molar-refractivity contribution in [2.24, 2.45) is 0 Å². The van der Waals surface area contributed by atoms with Crippen LogP contribution in [0.15, 0.2) is 42.5 Å².